The Labute approximate surface area is 481 Å². The molecule has 1 fully saturated rings. The van der Waals surface area contributed by atoms with Crippen LogP contribution in [-0.2, 0) is 42.9 Å². The Kier molecular flexibility index (Phi) is 51.1. The van der Waals surface area contributed by atoms with Crippen LogP contribution in [-0.4, -0.2) is 89.2 Å². The van der Waals surface area contributed by atoms with Crippen LogP contribution in [0.5, 0.6) is 0 Å². The minimum absolute atomic E-state index is 0.0554. The standard InChI is InChI=1S/C67H116O12/c1-4-7-10-13-16-19-22-25-27-29-30-32-33-36-38-41-44-47-50-53-59(68)75-56-58(77-60(69)54-51-48-45-42-39-35-24-21-18-15-12-9-6-3)57-76-67-65(63(72)62(71)64(79-67)66(73)74)78-61(70)55-52-49-46-43-40-37-34-31-28-26-23-20-17-14-11-8-5-2/h7,10,16,19,25-28,30,32,58,62-65,67,71-72H,4-6,8-9,11-15,17-18,20-24,29,31,33-57H2,1-3H3,(H,73,74)/b10-7-,19-16-,27-25-,28-26-,32-30-. The highest BCUT2D eigenvalue weighted by molar-refractivity contribution is 5.74. The summed E-state index contributed by atoms with van der Waals surface area (Å²) in [5.74, 6) is -3.12. The first kappa shape index (κ1) is 73.4. The van der Waals surface area contributed by atoms with E-state index in [1.807, 2.05) is 0 Å². The molecule has 6 atom stereocenters. The Morgan fingerprint density at radius 1 is 0.430 bits per heavy atom. The third-order valence-electron chi connectivity index (χ3n) is 14.6. The Hall–Kier alpha value is -3.58. The number of aliphatic carboxylic acids is 1. The van der Waals surface area contributed by atoms with E-state index >= 15 is 0 Å². The molecule has 0 aliphatic carbocycles. The highest BCUT2D eigenvalue weighted by Crippen LogP contribution is 2.27. The monoisotopic (exact) mass is 1110 g/mol. The van der Waals surface area contributed by atoms with Crippen molar-refractivity contribution in [1.29, 1.82) is 0 Å². The van der Waals surface area contributed by atoms with Crippen molar-refractivity contribution in [3.63, 3.8) is 0 Å². The molecular formula is C67H116O12. The maximum atomic E-state index is 13.2. The summed E-state index contributed by atoms with van der Waals surface area (Å²) < 4.78 is 28.5. The number of hydrogen-bond donors (Lipinski definition) is 3. The zero-order valence-electron chi connectivity index (χ0n) is 50.4. The minimum atomic E-state index is -1.91. The quantitative estimate of drug-likeness (QED) is 0.0228. The number of esters is 3. The van der Waals surface area contributed by atoms with E-state index in [0.717, 1.165) is 116 Å². The number of allylic oxidation sites excluding steroid dienone is 10. The fourth-order valence-corrected chi connectivity index (χ4v) is 9.65. The van der Waals surface area contributed by atoms with Crippen LogP contribution in [0.15, 0.2) is 60.8 Å². The number of carboxylic acid groups (broad SMARTS) is 1. The summed E-state index contributed by atoms with van der Waals surface area (Å²) in [6.07, 6.45) is 56.0. The van der Waals surface area contributed by atoms with Gasteiger partial charge in [-0.3, -0.25) is 14.4 Å². The number of carbonyl (C=O) groups excluding carboxylic acids is 3. The lowest BCUT2D eigenvalue weighted by Crippen LogP contribution is -2.61. The number of ether oxygens (including phenoxy) is 5. The van der Waals surface area contributed by atoms with Gasteiger partial charge in [-0.25, -0.2) is 4.79 Å². The first-order valence-corrected chi connectivity index (χ1v) is 32.3. The molecule has 12 heteroatoms. The van der Waals surface area contributed by atoms with Gasteiger partial charge in [0, 0.05) is 19.3 Å². The molecule has 0 aromatic carbocycles. The van der Waals surface area contributed by atoms with E-state index < -0.39 is 67.3 Å². The molecule has 0 amide bonds. The van der Waals surface area contributed by atoms with E-state index in [1.54, 1.807) is 0 Å². The molecule has 1 aliphatic heterocycles. The van der Waals surface area contributed by atoms with Crippen molar-refractivity contribution in [1.82, 2.24) is 0 Å². The van der Waals surface area contributed by atoms with Gasteiger partial charge in [-0.2, -0.15) is 0 Å². The number of aliphatic hydroxyl groups excluding tert-OH is 2. The first-order valence-electron chi connectivity index (χ1n) is 32.3. The maximum Gasteiger partial charge on any atom is 0.335 e. The van der Waals surface area contributed by atoms with Crippen LogP contribution in [0.3, 0.4) is 0 Å². The summed E-state index contributed by atoms with van der Waals surface area (Å²) in [5.41, 5.74) is 0. The van der Waals surface area contributed by atoms with E-state index in [2.05, 4.69) is 81.5 Å². The normalized spacial score (nSPS) is 18.2. The van der Waals surface area contributed by atoms with Gasteiger partial charge in [-0.05, 0) is 83.5 Å². The smallest absolute Gasteiger partial charge is 0.335 e. The van der Waals surface area contributed by atoms with Gasteiger partial charge in [-0.1, -0.05) is 248 Å². The number of rotatable bonds is 55. The van der Waals surface area contributed by atoms with Crippen molar-refractivity contribution in [3.8, 4) is 0 Å². The average Bonchev–Trinajstić information content (AvgIpc) is 3.47. The van der Waals surface area contributed by atoms with E-state index in [0.29, 0.717) is 19.3 Å². The van der Waals surface area contributed by atoms with Gasteiger partial charge in [0.25, 0.3) is 0 Å². The maximum absolute atomic E-state index is 13.2. The molecule has 0 aromatic rings. The van der Waals surface area contributed by atoms with Crippen molar-refractivity contribution in [2.75, 3.05) is 13.2 Å². The lowest BCUT2D eigenvalue weighted by molar-refractivity contribution is -0.301. The summed E-state index contributed by atoms with van der Waals surface area (Å²) in [4.78, 5) is 51.3. The Balaban J connectivity index is 2.65. The molecule has 456 valence electrons. The molecule has 1 saturated heterocycles. The number of unbranched alkanes of at least 4 members (excludes halogenated alkanes) is 31. The van der Waals surface area contributed by atoms with E-state index in [9.17, 15) is 34.5 Å². The number of carbonyl (C=O) groups is 4. The summed E-state index contributed by atoms with van der Waals surface area (Å²) >= 11 is 0. The highest BCUT2D eigenvalue weighted by atomic mass is 16.7. The molecule has 0 radical (unpaired) electrons. The summed E-state index contributed by atoms with van der Waals surface area (Å²) in [6, 6.07) is 0. The molecule has 12 nitrogen and oxygen atoms in total. The topological polar surface area (TPSA) is 175 Å². The molecule has 0 aromatic heterocycles. The summed E-state index contributed by atoms with van der Waals surface area (Å²) in [5, 5.41) is 31.6. The second kappa shape index (κ2) is 55.0. The van der Waals surface area contributed by atoms with Gasteiger partial charge >= 0.3 is 23.9 Å². The molecule has 1 heterocycles. The fraction of sp³-hybridized carbons (Fsp3) is 0.791. The highest BCUT2D eigenvalue weighted by Gasteiger charge is 2.50. The number of carboxylic acids is 1. The average molecular weight is 1110 g/mol. The number of hydrogen-bond acceptors (Lipinski definition) is 11. The van der Waals surface area contributed by atoms with Gasteiger partial charge in [0.15, 0.2) is 24.6 Å². The van der Waals surface area contributed by atoms with Crippen LogP contribution < -0.4 is 0 Å². The van der Waals surface area contributed by atoms with Crippen LogP contribution in [0.2, 0.25) is 0 Å². The predicted octanol–water partition coefficient (Wildman–Crippen LogP) is 17.1. The van der Waals surface area contributed by atoms with Gasteiger partial charge in [-0.15, -0.1) is 0 Å². The SMILES string of the molecule is CC/C=C\C/C=C\C/C=C\C/C=C\CCCCCCCCC(=O)OCC(COC1OC(C(=O)O)C(O)C(O)C1OC(=O)CCCCCCCCC/C=C\CCCCCCCC)OC(=O)CCCCCCCCCCCCCCC. The van der Waals surface area contributed by atoms with Gasteiger partial charge in [0.05, 0.1) is 6.61 Å². The van der Waals surface area contributed by atoms with Gasteiger partial charge in [0.2, 0.25) is 0 Å². The molecule has 0 bridgehead atoms. The van der Waals surface area contributed by atoms with Crippen molar-refractivity contribution in [2.45, 2.75) is 327 Å². The molecule has 3 N–H and O–H groups in total. The molecule has 1 aliphatic rings. The fourth-order valence-electron chi connectivity index (χ4n) is 9.65. The van der Waals surface area contributed by atoms with Crippen molar-refractivity contribution >= 4 is 23.9 Å². The predicted molar refractivity (Wildman–Crippen MR) is 322 cm³/mol. The largest absolute Gasteiger partial charge is 0.479 e. The number of aliphatic hydroxyl groups is 2. The molecular weight excluding hydrogens is 997 g/mol. The van der Waals surface area contributed by atoms with Crippen molar-refractivity contribution in [3.05, 3.63) is 60.8 Å². The van der Waals surface area contributed by atoms with E-state index in [4.69, 9.17) is 23.7 Å². The van der Waals surface area contributed by atoms with Gasteiger partial charge in [0.1, 0.15) is 18.8 Å². The molecule has 0 saturated carbocycles. The van der Waals surface area contributed by atoms with Crippen LogP contribution in [0.1, 0.15) is 290 Å². The minimum Gasteiger partial charge on any atom is -0.479 e. The van der Waals surface area contributed by atoms with E-state index in [-0.39, 0.29) is 25.9 Å². The van der Waals surface area contributed by atoms with Crippen LogP contribution in [0.25, 0.3) is 0 Å². The first-order chi connectivity index (χ1) is 38.6. The lowest BCUT2D eigenvalue weighted by atomic mass is 9.98. The zero-order valence-corrected chi connectivity index (χ0v) is 50.4. The lowest BCUT2D eigenvalue weighted by Gasteiger charge is -2.40. The third kappa shape index (κ3) is 44.7. The van der Waals surface area contributed by atoms with Crippen LogP contribution in [0.4, 0.5) is 0 Å². The molecule has 0 spiro atoms. The zero-order chi connectivity index (χ0) is 57.5. The Bertz CT molecular complexity index is 1600. The molecule has 6 unspecified atom stereocenters. The van der Waals surface area contributed by atoms with E-state index in [1.165, 1.54) is 116 Å². The second-order valence-corrected chi connectivity index (χ2v) is 22.0. The Morgan fingerprint density at radius 2 is 0.797 bits per heavy atom. The van der Waals surface area contributed by atoms with Crippen molar-refractivity contribution < 1.29 is 58.2 Å². The summed E-state index contributed by atoms with van der Waals surface area (Å²) in [7, 11) is 0. The molecule has 1 rings (SSSR count). The second-order valence-electron chi connectivity index (χ2n) is 22.0. The van der Waals surface area contributed by atoms with Gasteiger partial charge < -0.3 is 39.0 Å². The summed E-state index contributed by atoms with van der Waals surface area (Å²) in [6.45, 7) is 5.89. The van der Waals surface area contributed by atoms with Crippen LogP contribution >= 0.6 is 0 Å². The van der Waals surface area contributed by atoms with Crippen LogP contribution in [0, 0.1) is 0 Å². The van der Waals surface area contributed by atoms with Crippen molar-refractivity contribution in [2.24, 2.45) is 0 Å². The third-order valence-corrected chi connectivity index (χ3v) is 14.6. The Morgan fingerprint density at radius 3 is 1.23 bits per heavy atom. The molecule has 79 heavy (non-hydrogen) atoms.